The number of rotatable bonds is 1. The van der Waals surface area contributed by atoms with Crippen LogP contribution >= 0.6 is 11.6 Å². The van der Waals surface area contributed by atoms with Crippen LogP contribution in [0.3, 0.4) is 0 Å². The van der Waals surface area contributed by atoms with Crippen LogP contribution in [0.4, 0.5) is 18.0 Å². The van der Waals surface area contributed by atoms with Crippen molar-refractivity contribution < 1.29 is 22.7 Å². The maximum absolute atomic E-state index is 13.2. The molecule has 23 heavy (non-hydrogen) atoms. The zero-order valence-electron chi connectivity index (χ0n) is 11.3. The van der Waals surface area contributed by atoms with Crippen LogP contribution in [0.1, 0.15) is 5.82 Å². The van der Waals surface area contributed by atoms with Gasteiger partial charge in [0, 0.05) is 0 Å². The number of para-hydroxylation sites is 2. The minimum absolute atomic E-state index is 0.0132. The highest BCUT2D eigenvalue weighted by Gasteiger charge is 2.40. The van der Waals surface area contributed by atoms with Gasteiger partial charge in [0.25, 0.3) is 0 Å². The van der Waals surface area contributed by atoms with Crippen molar-refractivity contribution in [2.45, 2.75) is 6.18 Å². The summed E-state index contributed by atoms with van der Waals surface area (Å²) in [6, 6.07) is 11.9. The summed E-state index contributed by atoms with van der Waals surface area (Å²) in [5.41, 5.74) is -0.197. The monoisotopic (exact) mass is 340 g/mol. The predicted molar refractivity (Wildman–Crippen MR) is 77.6 cm³/mol. The second-order valence-electron chi connectivity index (χ2n) is 4.56. The average Bonchev–Trinajstić information content (AvgIpc) is 2.89. The number of hydrogen-bond donors (Lipinski definition) is 0. The zero-order valence-corrected chi connectivity index (χ0v) is 12.1. The van der Waals surface area contributed by atoms with Crippen LogP contribution in [0, 0.1) is 0 Å². The van der Waals surface area contributed by atoms with Crippen LogP contribution in [0.15, 0.2) is 48.5 Å². The molecule has 2 aromatic carbocycles. The van der Waals surface area contributed by atoms with Crippen molar-refractivity contribution in [1.29, 1.82) is 0 Å². The number of imidazole rings is 1. The number of benzene rings is 2. The minimum Gasteiger partial charge on any atom is -0.410 e. The number of hydrogen-bond acceptors (Lipinski definition) is 3. The van der Waals surface area contributed by atoms with Crippen molar-refractivity contribution in [3.8, 4) is 5.75 Å². The summed E-state index contributed by atoms with van der Waals surface area (Å²) in [6.07, 6.45) is -6.05. The third kappa shape index (κ3) is 2.87. The van der Waals surface area contributed by atoms with E-state index in [4.69, 9.17) is 16.3 Å². The van der Waals surface area contributed by atoms with Crippen LogP contribution < -0.4 is 4.74 Å². The number of carbonyl (C=O) groups is 1. The fourth-order valence-corrected chi connectivity index (χ4v) is 2.29. The summed E-state index contributed by atoms with van der Waals surface area (Å²) in [7, 11) is 0. The Morgan fingerprint density at radius 3 is 2.43 bits per heavy atom. The third-order valence-electron chi connectivity index (χ3n) is 3.02. The third-order valence-corrected chi connectivity index (χ3v) is 3.33. The number of alkyl halides is 3. The molecule has 3 rings (SSSR count). The highest BCUT2D eigenvalue weighted by molar-refractivity contribution is 6.35. The van der Waals surface area contributed by atoms with Gasteiger partial charge in [-0.15, -0.1) is 0 Å². The van der Waals surface area contributed by atoms with Crippen LogP contribution in [0.25, 0.3) is 11.0 Å². The fraction of sp³-hybridized carbons (Fsp3) is 0.0667. The van der Waals surface area contributed by atoms with Gasteiger partial charge in [-0.2, -0.15) is 13.2 Å². The molecular formula is C15H8ClF3N2O2. The summed E-state index contributed by atoms with van der Waals surface area (Å²) in [5.74, 6) is -1.27. The predicted octanol–water partition coefficient (Wildman–Crippen LogP) is 4.76. The van der Waals surface area contributed by atoms with Gasteiger partial charge in [0.2, 0.25) is 5.82 Å². The van der Waals surface area contributed by atoms with E-state index in [1.165, 1.54) is 30.3 Å². The Hall–Kier alpha value is -2.54. The van der Waals surface area contributed by atoms with Crippen LogP contribution in [0.2, 0.25) is 5.02 Å². The van der Waals surface area contributed by atoms with E-state index in [1.54, 1.807) is 18.2 Å². The largest absolute Gasteiger partial charge is 0.450 e. The lowest BCUT2D eigenvalue weighted by molar-refractivity contribution is -0.145. The molecule has 118 valence electrons. The van der Waals surface area contributed by atoms with Crippen molar-refractivity contribution in [3.63, 3.8) is 0 Å². The average molecular weight is 341 g/mol. The Morgan fingerprint density at radius 2 is 1.78 bits per heavy atom. The summed E-state index contributed by atoms with van der Waals surface area (Å²) >= 11 is 5.86. The number of carbonyl (C=O) groups excluding carboxylic acids is 1. The Bertz CT molecular complexity index is 876. The number of aromatic nitrogens is 2. The second-order valence-corrected chi connectivity index (χ2v) is 4.96. The van der Waals surface area contributed by atoms with Crippen molar-refractivity contribution in [2.24, 2.45) is 0 Å². The first kappa shape index (κ1) is 15.4. The SMILES string of the molecule is O=C(Oc1ccccc1)n1c(C(F)(F)F)nc2c(Cl)cccc21. The number of ether oxygens (including phenoxy) is 1. The molecular weight excluding hydrogens is 333 g/mol. The first-order chi connectivity index (χ1) is 10.9. The van der Waals surface area contributed by atoms with E-state index in [1.807, 2.05) is 0 Å². The minimum atomic E-state index is -4.84. The molecule has 0 N–H and O–H groups in total. The van der Waals surface area contributed by atoms with Crippen LogP contribution in [-0.2, 0) is 6.18 Å². The molecule has 0 saturated heterocycles. The van der Waals surface area contributed by atoms with Crippen molar-refractivity contribution >= 4 is 28.7 Å². The van der Waals surface area contributed by atoms with Gasteiger partial charge >= 0.3 is 12.3 Å². The van der Waals surface area contributed by atoms with Gasteiger partial charge in [-0.3, -0.25) is 0 Å². The molecule has 4 nitrogen and oxygen atoms in total. The Kier molecular flexibility index (Phi) is 3.73. The maximum Gasteiger partial charge on any atom is 0.450 e. The molecule has 1 aromatic heterocycles. The van der Waals surface area contributed by atoms with E-state index >= 15 is 0 Å². The zero-order chi connectivity index (χ0) is 16.6. The first-order valence-corrected chi connectivity index (χ1v) is 6.77. The molecule has 0 atom stereocenters. The van der Waals surface area contributed by atoms with Gasteiger partial charge in [0.05, 0.1) is 10.5 Å². The number of nitrogens with zero attached hydrogens (tertiary/aromatic N) is 2. The molecule has 0 saturated carbocycles. The molecule has 8 heteroatoms. The van der Waals surface area contributed by atoms with E-state index in [0.29, 0.717) is 4.57 Å². The molecule has 0 radical (unpaired) electrons. The van der Waals surface area contributed by atoms with E-state index in [0.717, 1.165) is 0 Å². The Labute approximate surface area is 133 Å². The van der Waals surface area contributed by atoms with Gasteiger partial charge in [-0.05, 0) is 24.3 Å². The maximum atomic E-state index is 13.2. The first-order valence-electron chi connectivity index (χ1n) is 6.39. The molecule has 0 aliphatic heterocycles. The topological polar surface area (TPSA) is 44.1 Å². The Balaban J connectivity index is 2.15. The highest BCUT2D eigenvalue weighted by Crippen LogP contribution is 2.33. The smallest absolute Gasteiger partial charge is 0.410 e. The molecule has 0 spiro atoms. The highest BCUT2D eigenvalue weighted by atomic mass is 35.5. The molecule has 0 aliphatic carbocycles. The lowest BCUT2D eigenvalue weighted by atomic mass is 10.3. The lowest BCUT2D eigenvalue weighted by Gasteiger charge is -2.10. The molecule has 0 unspecified atom stereocenters. The van der Waals surface area contributed by atoms with Gasteiger partial charge in [0.15, 0.2) is 0 Å². The number of halogens is 4. The Morgan fingerprint density at radius 1 is 1.09 bits per heavy atom. The molecule has 0 amide bonds. The fourth-order valence-electron chi connectivity index (χ4n) is 2.08. The quantitative estimate of drug-likeness (QED) is 0.641. The molecule has 3 aromatic rings. The second kappa shape index (κ2) is 5.58. The summed E-state index contributed by atoms with van der Waals surface area (Å²) in [6.45, 7) is 0. The van der Waals surface area contributed by atoms with Crippen molar-refractivity contribution in [1.82, 2.24) is 9.55 Å². The normalized spacial score (nSPS) is 11.7. The molecule has 0 bridgehead atoms. The van der Waals surface area contributed by atoms with Gasteiger partial charge in [0.1, 0.15) is 11.3 Å². The van der Waals surface area contributed by atoms with Gasteiger partial charge in [-0.1, -0.05) is 35.9 Å². The van der Waals surface area contributed by atoms with E-state index in [9.17, 15) is 18.0 Å². The van der Waals surface area contributed by atoms with Crippen LogP contribution in [-0.4, -0.2) is 15.6 Å². The van der Waals surface area contributed by atoms with Crippen molar-refractivity contribution in [2.75, 3.05) is 0 Å². The number of fused-ring (bicyclic) bond motifs is 1. The molecule has 1 heterocycles. The van der Waals surface area contributed by atoms with E-state index in [2.05, 4.69) is 4.98 Å². The van der Waals surface area contributed by atoms with E-state index < -0.39 is 18.1 Å². The summed E-state index contributed by atoms with van der Waals surface area (Å²) in [4.78, 5) is 15.7. The summed E-state index contributed by atoms with van der Waals surface area (Å²) in [5, 5.41) is 0.0132. The van der Waals surface area contributed by atoms with Gasteiger partial charge in [-0.25, -0.2) is 14.3 Å². The van der Waals surface area contributed by atoms with Crippen LogP contribution in [0.5, 0.6) is 5.75 Å². The van der Waals surface area contributed by atoms with Crippen molar-refractivity contribution in [3.05, 3.63) is 59.4 Å². The van der Waals surface area contributed by atoms with E-state index in [-0.39, 0.29) is 21.8 Å². The van der Waals surface area contributed by atoms with Gasteiger partial charge < -0.3 is 4.74 Å². The standard InChI is InChI=1S/C15H8ClF3N2O2/c16-10-7-4-8-11-12(10)20-13(15(17,18)19)21(11)14(22)23-9-5-2-1-3-6-9/h1-8H. The lowest BCUT2D eigenvalue weighted by Crippen LogP contribution is -2.24. The molecule has 0 fully saturated rings. The molecule has 0 aliphatic rings. The summed E-state index contributed by atoms with van der Waals surface area (Å²) < 4.78 is 44.9.